The third kappa shape index (κ3) is 5.30. The quantitative estimate of drug-likeness (QED) is 0.745. The molecule has 0 aromatic heterocycles. The van der Waals surface area contributed by atoms with E-state index in [1.54, 1.807) is 0 Å². The van der Waals surface area contributed by atoms with Gasteiger partial charge in [-0.1, -0.05) is 26.7 Å². The lowest BCUT2D eigenvalue weighted by Gasteiger charge is -2.30. The van der Waals surface area contributed by atoms with Gasteiger partial charge in [0.15, 0.2) is 0 Å². The van der Waals surface area contributed by atoms with Gasteiger partial charge in [0.1, 0.15) is 0 Å². The highest BCUT2D eigenvalue weighted by molar-refractivity contribution is 5.85. The summed E-state index contributed by atoms with van der Waals surface area (Å²) in [6.45, 7) is 6.33. The Balaban J connectivity index is 2.72. The molecule has 5 nitrogen and oxygen atoms in total. The molecule has 0 atom stereocenters. The Labute approximate surface area is 128 Å². The predicted octanol–water partition coefficient (Wildman–Crippen LogP) is 2.07. The van der Waals surface area contributed by atoms with Gasteiger partial charge in [0.05, 0.1) is 5.41 Å². The van der Waals surface area contributed by atoms with Gasteiger partial charge >= 0.3 is 5.97 Å². The molecule has 1 fully saturated rings. The molecule has 1 saturated carbocycles. The van der Waals surface area contributed by atoms with Crippen LogP contribution in [0.15, 0.2) is 0 Å². The maximum atomic E-state index is 12.6. The Hall–Kier alpha value is -1.10. The number of hydrogen-bond donors (Lipinski definition) is 1. The van der Waals surface area contributed by atoms with E-state index in [2.05, 4.69) is 13.8 Å². The summed E-state index contributed by atoms with van der Waals surface area (Å²) < 4.78 is 0. The normalized spacial score (nSPS) is 17.4. The number of carboxylic acids is 1. The van der Waals surface area contributed by atoms with Crippen molar-refractivity contribution in [2.24, 2.45) is 11.3 Å². The van der Waals surface area contributed by atoms with Crippen LogP contribution in [0.4, 0.5) is 0 Å². The minimum Gasteiger partial charge on any atom is -0.481 e. The summed E-state index contributed by atoms with van der Waals surface area (Å²) >= 11 is 0. The molecule has 0 aromatic rings. The van der Waals surface area contributed by atoms with Crippen molar-refractivity contribution in [2.75, 3.05) is 33.7 Å². The van der Waals surface area contributed by atoms with E-state index in [1.165, 1.54) is 0 Å². The first-order valence-corrected chi connectivity index (χ1v) is 7.93. The highest BCUT2D eigenvalue weighted by Crippen LogP contribution is 2.41. The number of carbonyl (C=O) groups excluding carboxylic acids is 1. The van der Waals surface area contributed by atoms with Crippen molar-refractivity contribution in [3.05, 3.63) is 0 Å². The van der Waals surface area contributed by atoms with Crippen LogP contribution in [-0.4, -0.2) is 60.5 Å². The summed E-state index contributed by atoms with van der Waals surface area (Å²) in [5.74, 6) is -0.416. The largest absolute Gasteiger partial charge is 0.481 e. The van der Waals surface area contributed by atoms with Crippen molar-refractivity contribution in [1.82, 2.24) is 9.80 Å². The Kier molecular flexibility index (Phi) is 6.65. The molecule has 0 aliphatic heterocycles. The number of carbonyl (C=O) groups is 2. The summed E-state index contributed by atoms with van der Waals surface area (Å²) in [6, 6.07) is 0. The van der Waals surface area contributed by atoms with Gasteiger partial charge in [-0.3, -0.25) is 9.59 Å². The molecule has 1 rings (SSSR count). The molecule has 0 aromatic carbocycles. The first-order valence-electron chi connectivity index (χ1n) is 7.93. The van der Waals surface area contributed by atoms with Crippen molar-refractivity contribution < 1.29 is 14.7 Å². The monoisotopic (exact) mass is 298 g/mol. The van der Waals surface area contributed by atoms with Gasteiger partial charge < -0.3 is 14.9 Å². The molecular formula is C16H30N2O3. The van der Waals surface area contributed by atoms with Crippen LogP contribution in [0.5, 0.6) is 0 Å². The molecule has 0 bridgehead atoms. The molecule has 1 amide bonds. The number of carboxylic acid groups (broad SMARTS) is 1. The van der Waals surface area contributed by atoms with Gasteiger partial charge in [0.25, 0.3) is 0 Å². The van der Waals surface area contributed by atoms with Crippen LogP contribution < -0.4 is 0 Å². The van der Waals surface area contributed by atoms with E-state index >= 15 is 0 Å². The zero-order chi connectivity index (χ0) is 16.0. The first-order chi connectivity index (χ1) is 9.77. The Morgan fingerprint density at radius 2 is 1.71 bits per heavy atom. The van der Waals surface area contributed by atoms with Crippen LogP contribution in [0.1, 0.15) is 46.0 Å². The van der Waals surface area contributed by atoms with Crippen LogP contribution in [0.2, 0.25) is 0 Å². The van der Waals surface area contributed by atoms with Crippen LogP contribution in [0, 0.1) is 11.3 Å². The lowest BCUT2D eigenvalue weighted by molar-refractivity contribution is -0.153. The van der Waals surface area contributed by atoms with Crippen molar-refractivity contribution in [3.8, 4) is 0 Å². The van der Waals surface area contributed by atoms with Gasteiger partial charge in [0, 0.05) is 26.1 Å². The molecule has 0 spiro atoms. The van der Waals surface area contributed by atoms with Crippen molar-refractivity contribution in [3.63, 3.8) is 0 Å². The van der Waals surface area contributed by atoms with Crippen LogP contribution in [0.25, 0.3) is 0 Å². The minimum atomic E-state index is -0.815. The molecule has 21 heavy (non-hydrogen) atoms. The summed E-state index contributed by atoms with van der Waals surface area (Å²) in [6.07, 6.45) is 3.26. The van der Waals surface area contributed by atoms with Gasteiger partial charge in [-0.2, -0.15) is 0 Å². The maximum Gasteiger partial charge on any atom is 0.310 e. The zero-order valence-corrected chi connectivity index (χ0v) is 13.9. The third-order valence-electron chi connectivity index (χ3n) is 4.26. The molecule has 0 saturated heterocycles. The Morgan fingerprint density at radius 3 is 2.14 bits per heavy atom. The van der Waals surface area contributed by atoms with Crippen LogP contribution in [-0.2, 0) is 9.59 Å². The SMILES string of the molecule is CC(C)CN(CCN(C)C)C(=O)CC1(C(=O)O)CCCC1. The lowest BCUT2D eigenvalue weighted by atomic mass is 9.82. The van der Waals surface area contributed by atoms with Crippen LogP contribution in [0.3, 0.4) is 0 Å². The molecule has 122 valence electrons. The summed E-state index contributed by atoms with van der Waals surface area (Å²) in [7, 11) is 3.96. The number of hydrogen-bond acceptors (Lipinski definition) is 3. The van der Waals surface area contributed by atoms with E-state index < -0.39 is 11.4 Å². The average molecular weight is 298 g/mol. The number of aliphatic carboxylic acids is 1. The van der Waals surface area contributed by atoms with Gasteiger partial charge in [-0.05, 0) is 32.9 Å². The number of amides is 1. The molecule has 5 heteroatoms. The maximum absolute atomic E-state index is 12.6. The Morgan fingerprint density at radius 1 is 1.14 bits per heavy atom. The van der Waals surface area contributed by atoms with E-state index in [0.717, 1.165) is 19.4 Å². The smallest absolute Gasteiger partial charge is 0.310 e. The van der Waals surface area contributed by atoms with E-state index in [0.29, 0.717) is 31.8 Å². The highest BCUT2D eigenvalue weighted by atomic mass is 16.4. The predicted molar refractivity (Wildman–Crippen MR) is 83.1 cm³/mol. The molecule has 1 N–H and O–H groups in total. The molecular weight excluding hydrogens is 268 g/mol. The second kappa shape index (κ2) is 7.78. The average Bonchev–Trinajstić information content (AvgIpc) is 2.83. The van der Waals surface area contributed by atoms with Gasteiger partial charge in [0.2, 0.25) is 5.91 Å². The van der Waals surface area contributed by atoms with E-state index in [1.807, 2.05) is 23.9 Å². The number of nitrogens with zero attached hydrogens (tertiary/aromatic N) is 2. The molecule has 0 unspecified atom stereocenters. The summed E-state index contributed by atoms with van der Waals surface area (Å²) in [4.78, 5) is 28.1. The van der Waals surface area contributed by atoms with Crippen molar-refractivity contribution in [1.29, 1.82) is 0 Å². The molecule has 0 heterocycles. The van der Waals surface area contributed by atoms with Gasteiger partial charge in [-0.25, -0.2) is 0 Å². The molecule has 0 radical (unpaired) electrons. The Bertz CT molecular complexity index is 361. The fourth-order valence-corrected chi connectivity index (χ4v) is 3.00. The third-order valence-corrected chi connectivity index (χ3v) is 4.26. The number of likely N-dealkylation sites (N-methyl/N-ethyl adjacent to an activating group) is 1. The minimum absolute atomic E-state index is 0.00477. The van der Waals surface area contributed by atoms with Crippen molar-refractivity contribution in [2.45, 2.75) is 46.0 Å². The topological polar surface area (TPSA) is 60.9 Å². The fourth-order valence-electron chi connectivity index (χ4n) is 3.00. The van der Waals surface area contributed by atoms with E-state index in [4.69, 9.17) is 0 Å². The van der Waals surface area contributed by atoms with E-state index in [9.17, 15) is 14.7 Å². The second-order valence-corrected chi connectivity index (χ2v) is 7.01. The second-order valence-electron chi connectivity index (χ2n) is 7.01. The summed E-state index contributed by atoms with van der Waals surface area (Å²) in [5, 5.41) is 9.52. The molecule has 1 aliphatic carbocycles. The standard InChI is InChI=1S/C16H30N2O3/c1-13(2)12-18(10-9-17(3)4)14(19)11-16(15(20)21)7-5-6-8-16/h13H,5-12H2,1-4H3,(H,20,21). The fraction of sp³-hybridized carbons (Fsp3) is 0.875. The lowest BCUT2D eigenvalue weighted by Crippen LogP contribution is -2.42. The van der Waals surface area contributed by atoms with Crippen LogP contribution >= 0.6 is 0 Å². The first kappa shape index (κ1) is 18.0. The highest BCUT2D eigenvalue weighted by Gasteiger charge is 2.43. The number of rotatable bonds is 8. The van der Waals surface area contributed by atoms with E-state index in [-0.39, 0.29) is 12.3 Å². The molecule has 1 aliphatic rings. The summed E-state index contributed by atoms with van der Waals surface area (Å²) in [5.41, 5.74) is -0.815. The zero-order valence-electron chi connectivity index (χ0n) is 13.9. The van der Waals surface area contributed by atoms with Crippen molar-refractivity contribution >= 4 is 11.9 Å². The van der Waals surface area contributed by atoms with Gasteiger partial charge in [-0.15, -0.1) is 0 Å².